The van der Waals surface area contributed by atoms with Crippen LogP contribution in [-0.2, 0) is 6.54 Å². The second kappa shape index (κ2) is 5.32. The Balaban J connectivity index is 2.51. The molecule has 1 rings (SSSR count). The fraction of sp³-hybridized carbons (Fsp3) is 0.545. The molecule has 1 aromatic heterocycles. The molecule has 3 heteroatoms. The number of pyridine rings is 1. The van der Waals surface area contributed by atoms with Gasteiger partial charge in [0.05, 0.1) is 5.69 Å². The molecular formula is C11H17ClN2. The highest BCUT2D eigenvalue weighted by Crippen LogP contribution is 2.04. The lowest BCUT2D eigenvalue weighted by atomic mass is 10.3. The van der Waals surface area contributed by atoms with Gasteiger partial charge in [0, 0.05) is 24.2 Å². The summed E-state index contributed by atoms with van der Waals surface area (Å²) in [7, 11) is 2.06. The van der Waals surface area contributed by atoms with Crippen molar-refractivity contribution in [2.24, 2.45) is 0 Å². The van der Waals surface area contributed by atoms with Gasteiger partial charge in [-0.15, -0.1) is 11.6 Å². The van der Waals surface area contributed by atoms with Crippen LogP contribution < -0.4 is 0 Å². The molecule has 2 nitrogen and oxygen atoms in total. The third kappa shape index (κ3) is 4.07. The van der Waals surface area contributed by atoms with Gasteiger partial charge in [0.15, 0.2) is 0 Å². The molecule has 78 valence electrons. The monoisotopic (exact) mass is 212 g/mol. The van der Waals surface area contributed by atoms with Crippen LogP contribution in [0.1, 0.15) is 18.3 Å². The van der Waals surface area contributed by atoms with Gasteiger partial charge in [-0.05, 0) is 33.0 Å². The smallest absolute Gasteiger partial charge is 0.0547 e. The van der Waals surface area contributed by atoms with Gasteiger partial charge in [-0.1, -0.05) is 6.07 Å². The molecule has 1 unspecified atom stereocenters. The number of hydrogen-bond acceptors (Lipinski definition) is 2. The van der Waals surface area contributed by atoms with E-state index in [0.717, 1.165) is 24.5 Å². The summed E-state index contributed by atoms with van der Waals surface area (Å²) in [5.74, 6) is 0. The first kappa shape index (κ1) is 11.5. The van der Waals surface area contributed by atoms with Crippen molar-refractivity contribution >= 4 is 11.6 Å². The number of hydrogen-bond donors (Lipinski definition) is 0. The molecule has 0 spiro atoms. The SMILES string of the molecule is Cc1cccc(CN(C)CC(C)Cl)n1. The van der Waals surface area contributed by atoms with E-state index in [1.54, 1.807) is 0 Å². The second-order valence-corrected chi connectivity index (χ2v) is 4.49. The quantitative estimate of drug-likeness (QED) is 0.713. The summed E-state index contributed by atoms with van der Waals surface area (Å²) in [6, 6.07) is 6.09. The average molecular weight is 213 g/mol. The van der Waals surface area contributed by atoms with Crippen molar-refractivity contribution in [3.05, 3.63) is 29.6 Å². The first-order valence-corrected chi connectivity index (χ1v) is 5.26. The summed E-state index contributed by atoms with van der Waals surface area (Å²) in [4.78, 5) is 6.62. The van der Waals surface area contributed by atoms with Crippen LogP contribution in [0.4, 0.5) is 0 Å². The summed E-state index contributed by atoms with van der Waals surface area (Å²) in [5, 5.41) is 0.185. The minimum atomic E-state index is 0.185. The first-order valence-electron chi connectivity index (χ1n) is 4.83. The summed E-state index contributed by atoms with van der Waals surface area (Å²) in [6.07, 6.45) is 0. The third-order valence-corrected chi connectivity index (χ3v) is 2.08. The van der Waals surface area contributed by atoms with E-state index in [1.165, 1.54) is 0 Å². The predicted octanol–water partition coefficient (Wildman–Crippen LogP) is 2.45. The van der Waals surface area contributed by atoms with Crippen molar-refractivity contribution in [1.29, 1.82) is 0 Å². The number of aromatic nitrogens is 1. The summed E-state index contributed by atoms with van der Waals surface area (Å²) >= 11 is 5.91. The molecule has 0 N–H and O–H groups in total. The van der Waals surface area contributed by atoms with Gasteiger partial charge in [-0.3, -0.25) is 9.88 Å². The summed E-state index contributed by atoms with van der Waals surface area (Å²) in [6.45, 7) is 5.76. The zero-order chi connectivity index (χ0) is 10.6. The van der Waals surface area contributed by atoms with E-state index in [2.05, 4.69) is 16.9 Å². The summed E-state index contributed by atoms with van der Waals surface area (Å²) in [5.41, 5.74) is 2.17. The van der Waals surface area contributed by atoms with Crippen LogP contribution in [0.15, 0.2) is 18.2 Å². The zero-order valence-electron chi connectivity index (χ0n) is 9.00. The van der Waals surface area contributed by atoms with E-state index >= 15 is 0 Å². The van der Waals surface area contributed by atoms with E-state index in [1.807, 2.05) is 32.0 Å². The van der Waals surface area contributed by atoms with Crippen molar-refractivity contribution in [2.45, 2.75) is 25.8 Å². The topological polar surface area (TPSA) is 16.1 Å². The molecule has 0 radical (unpaired) electrons. The Morgan fingerprint density at radius 1 is 1.50 bits per heavy atom. The van der Waals surface area contributed by atoms with Crippen molar-refractivity contribution in [2.75, 3.05) is 13.6 Å². The van der Waals surface area contributed by atoms with Gasteiger partial charge in [0.25, 0.3) is 0 Å². The molecule has 1 heterocycles. The van der Waals surface area contributed by atoms with Crippen LogP contribution in [0.3, 0.4) is 0 Å². The molecule has 0 amide bonds. The van der Waals surface area contributed by atoms with E-state index < -0.39 is 0 Å². The fourth-order valence-electron chi connectivity index (χ4n) is 1.46. The fourth-order valence-corrected chi connectivity index (χ4v) is 1.69. The van der Waals surface area contributed by atoms with Crippen LogP contribution in [0.5, 0.6) is 0 Å². The number of halogens is 1. The van der Waals surface area contributed by atoms with Gasteiger partial charge in [0.2, 0.25) is 0 Å². The number of aryl methyl sites for hydroxylation is 1. The molecule has 1 aromatic rings. The maximum Gasteiger partial charge on any atom is 0.0547 e. The van der Waals surface area contributed by atoms with E-state index in [4.69, 9.17) is 11.6 Å². The minimum absolute atomic E-state index is 0.185. The molecule has 14 heavy (non-hydrogen) atoms. The molecule has 1 atom stereocenters. The van der Waals surface area contributed by atoms with Crippen molar-refractivity contribution in [3.63, 3.8) is 0 Å². The first-order chi connectivity index (χ1) is 6.58. The normalized spacial score (nSPS) is 13.2. The highest BCUT2D eigenvalue weighted by molar-refractivity contribution is 6.20. The van der Waals surface area contributed by atoms with Crippen LogP contribution in [-0.4, -0.2) is 28.9 Å². The minimum Gasteiger partial charge on any atom is -0.299 e. The van der Waals surface area contributed by atoms with Crippen LogP contribution in [0, 0.1) is 6.92 Å². The van der Waals surface area contributed by atoms with Gasteiger partial charge < -0.3 is 0 Å². The van der Waals surface area contributed by atoms with Gasteiger partial charge in [0.1, 0.15) is 0 Å². The molecule has 0 saturated heterocycles. The molecule has 0 bridgehead atoms. The van der Waals surface area contributed by atoms with E-state index in [0.29, 0.717) is 0 Å². The Morgan fingerprint density at radius 2 is 2.21 bits per heavy atom. The largest absolute Gasteiger partial charge is 0.299 e. The molecule has 0 aliphatic rings. The Hall–Kier alpha value is -0.600. The maximum absolute atomic E-state index is 5.91. The molecule has 0 aliphatic carbocycles. The van der Waals surface area contributed by atoms with Gasteiger partial charge in [-0.2, -0.15) is 0 Å². The Labute approximate surface area is 90.9 Å². The summed E-state index contributed by atoms with van der Waals surface area (Å²) < 4.78 is 0. The molecule has 0 saturated carbocycles. The van der Waals surface area contributed by atoms with Crippen LogP contribution >= 0.6 is 11.6 Å². The number of nitrogens with zero attached hydrogens (tertiary/aromatic N) is 2. The van der Waals surface area contributed by atoms with E-state index in [9.17, 15) is 0 Å². The molecule has 0 aromatic carbocycles. The molecule has 0 aliphatic heterocycles. The van der Waals surface area contributed by atoms with Gasteiger partial charge in [-0.25, -0.2) is 0 Å². The number of alkyl halides is 1. The Kier molecular flexibility index (Phi) is 4.36. The third-order valence-electron chi connectivity index (χ3n) is 1.94. The highest BCUT2D eigenvalue weighted by Gasteiger charge is 2.04. The Bertz CT molecular complexity index is 286. The van der Waals surface area contributed by atoms with Crippen molar-refractivity contribution in [1.82, 2.24) is 9.88 Å². The number of rotatable bonds is 4. The van der Waals surface area contributed by atoms with Crippen molar-refractivity contribution < 1.29 is 0 Å². The van der Waals surface area contributed by atoms with Crippen LogP contribution in [0.25, 0.3) is 0 Å². The average Bonchev–Trinajstić information content (AvgIpc) is 2.01. The van der Waals surface area contributed by atoms with E-state index in [-0.39, 0.29) is 5.38 Å². The van der Waals surface area contributed by atoms with Gasteiger partial charge >= 0.3 is 0 Å². The predicted molar refractivity (Wildman–Crippen MR) is 60.6 cm³/mol. The molecule has 0 fully saturated rings. The Morgan fingerprint density at radius 3 is 2.79 bits per heavy atom. The molecular weight excluding hydrogens is 196 g/mol. The lowest BCUT2D eigenvalue weighted by Crippen LogP contribution is -2.24. The lowest BCUT2D eigenvalue weighted by Gasteiger charge is -2.17. The highest BCUT2D eigenvalue weighted by atomic mass is 35.5. The second-order valence-electron chi connectivity index (χ2n) is 3.75. The van der Waals surface area contributed by atoms with Crippen molar-refractivity contribution in [3.8, 4) is 0 Å². The van der Waals surface area contributed by atoms with Crippen LogP contribution in [0.2, 0.25) is 0 Å². The standard InChI is InChI=1S/C11H17ClN2/c1-9(12)7-14(3)8-11-6-4-5-10(2)13-11/h4-6,9H,7-8H2,1-3H3. The zero-order valence-corrected chi connectivity index (χ0v) is 9.75. The lowest BCUT2D eigenvalue weighted by molar-refractivity contribution is 0.325. The maximum atomic E-state index is 5.91.